The molecular weight excluding hydrogens is 544 g/mol. The average Bonchev–Trinajstić information content (AvgIpc) is 2.96. The summed E-state index contributed by atoms with van der Waals surface area (Å²) in [4.78, 5) is 42.1. The monoisotopic (exact) mass is 580 g/mol. The van der Waals surface area contributed by atoms with Crippen LogP contribution in [0.15, 0.2) is 72.9 Å². The van der Waals surface area contributed by atoms with Gasteiger partial charge in [0.15, 0.2) is 0 Å². The van der Waals surface area contributed by atoms with Gasteiger partial charge >= 0.3 is 5.97 Å². The molecule has 2 atom stereocenters. The third-order valence-corrected chi connectivity index (χ3v) is 6.55. The number of carbonyl (C=O) groups excluding carboxylic acids is 2. The molecule has 2 amide bonds. The lowest BCUT2D eigenvalue weighted by Gasteiger charge is -2.24. The van der Waals surface area contributed by atoms with E-state index in [1.807, 2.05) is 61.5 Å². The Hall–Kier alpha value is -3.95. The predicted octanol–water partition coefficient (Wildman–Crippen LogP) is 4.91. The highest BCUT2D eigenvalue weighted by Gasteiger charge is 2.26. The second kappa shape index (κ2) is 17.0. The third-order valence-electron chi connectivity index (χ3n) is 6.34. The molecule has 10 heteroatoms. The first-order chi connectivity index (χ1) is 19.8. The van der Waals surface area contributed by atoms with Crippen molar-refractivity contribution in [2.24, 2.45) is 0 Å². The van der Waals surface area contributed by atoms with E-state index in [1.165, 1.54) is 0 Å². The number of unbranched alkanes of at least 4 members (excludes halogenated alkanes) is 1. The Morgan fingerprint density at radius 3 is 2.46 bits per heavy atom. The summed E-state index contributed by atoms with van der Waals surface area (Å²) in [5.41, 5.74) is 2.43. The number of hydrogen-bond acceptors (Lipinski definition) is 6. The van der Waals surface area contributed by atoms with Crippen molar-refractivity contribution in [3.05, 3.63) is 94.6 Å². The summed E-state index contributed by atoms with van der Waals surface area (Å²) in [6.07, 6.45) is 3.63. The molecule has 4 N–H and O–H groups in total. The molecule has 0 saturated carbocycles. The van der Waals surface area contributed by atoms with Crippen LogP contribution < -0.4 is 16.0 Å². The molecule has 1 aromatic heterocycles. The van der Waals surface area contributed by atoms with Crippen molar-refractivity contribution in [2.75, 3.05) is 18.5 Å². The number of nitrogens with zero attached hydrogens (tertiary/aromatic N) is 1. The highest BCUT2D eigenvalue weighted by molar-refractivity contribution is 6.30. The van der Waals surface area contributed by atoms with Gasteiger partial charge in [-0.05, 0) is 60.2 Å². The quantitative estimate of drug-likeness (QED) is 0.167. The van der Waals surface area contributed by atoms with Gasteiger partial charge in [0.1, 0.15) is 11.9 Å². The number of rotatable bonds is 17. The van der Waals surface area contributed by atoms with E-state index in [-0.39, 0.29) is 32.0 Å². The van der Waals surface area contributed by atoms with Crippen LogP contribution in [-0.2, 0) is 32.1 Å². The van der Waals surface area contributed by atoms with Crippen LogP contribution in [0.3, 0.4) is 0 Å². The van der Waals surface area contributed by atoms with Gasteiger partial charge in [-0.25, -0.2) is 4.98 Å². The number of aromatic nitrogens is 1. The highest BCUT2D eigenvalue weighted by Crippen LogP contribution is 2.24. The Bertz CT molecular complexity index is 1260. The van der Waals surface area contributed by atoms with E-state index < -0.39 is 24.0 Å². The van der Waals surface area contributed by atoms with E-state index >= 15 is 0 Å². The lowest BCUT2D eigenvalue weighted by atomic mass is 9.99. The minimum Gasteiger partial charge on any atom is -0.481 e. The van der Waals surface area contributed by atoms with Crippen LogP contribution >= 0.6 is 11.6 Å². The number of carbonyl (C=O) groups is 3. The summed E-state index contributed by atoms with van der Waals surface area (Å²) in [5, 5.41) is 18.8. The SMILES string of the molecule is CCc1cc(Cl)cc(C(CC(=O)O)NC(=O)C(COCc2ccccc2)NC(=O)CCCCNc2ccccn2)c1. The van der Waals surface area contributed by atoms with E-state index in [1.54, 1.807) is 18.3 Å². The van der Waals surface area contributed by atoms with Crippen LogP contribution in [0.1, 0.15) is 55.3 Å². The normalized spacial score (nSPS) is 12.2. The summed E-state index contributed by atoms with van der Waals surface area (Å²) in [6.45, 7) is 2.80. The molecule has 0 aliphatic heterocycles. The van der Waals surface area contributed by atoms with Crippen molar-refractivity contribution in [3.8, 4) is 0 Å². The number of carboxylic acids is 1. The van der Waals surface area contributed by atoms with Crippen LogP contribution in [0.5, 0.6) is 0 Å². The average molecular weight is 581 g/mol. The molecule has 2 aromatic carbocycles. The molecule has 0 saturated heterocycles. The maximum absolute atomic E-state index is 13.4. The topological polar surface area (TPSA) is 130 Å². The maximum atomic E-state index is 13.4. The van der Waals surface area contributed by atoms with Gasteiger partial charge in [-0.2, -0.15) is 0 Å². The smallest absolute Gasteiger partial charge is 0.305 e. The number of hydrogen-bond donors (Lipinski definition) is 4. The lowest BCUT2D eigenvalue weighted by molar-refractivity contribution is -0.138. The highest BCUT2D eigenvalue weighted by atomic mass is 35.5. The summed E-state index contributed by atoms with van der Waals surface area (Å²) < 4.78 is 5.79. The van der Waals surface area contributed by atoms with E-state index in [4.69, 9.17) is 16.3 Å². The van der Waals surface area contributed by atoms with Crippen LogP contribution in [0.25, 0.3) is 0 Å². The standard InChI is InChI=1S/C31H37ClN4O5/c1-2-22-16-24(18-25(32)17-22)26(19-30(38)39)36-31(40)27(21-41-20-23-10-4-3-5-11-23)35-29(37)13-7-9-15-34-28-12-6-8-14-33-28/h3-6,8,10-12,14,16-18,26-27H,2,7,9,13,15,19-21H2,1H3,(H,33,34)(H,35,37)(H,36,40)(H,38,39). The van der Waals surface area contributed by atoms with Crippen molar-refractivity contribution >= 4 is 35.2 Å². The number of anilines is 1. The molecule has 0 fully saturated rings. The van der Waals surface area contributed by atoms with Gasteiger partial charge in [-0.1, -0.05) is 61.0 Å². The zero-order valence-corrected chi connectivity index (χ0v) is 23.9. The first-order valence-electron chi connectivity index (χ1n) is 13.7. The van der Waals surface area contributed by atoms with E-state index in [0.717, 1.165) is 23.4 Å². The number of aryl methyl sites for hydroxylation is 1. The number of benzene rings is 2. The fraction of sp³-hybridized carbons (Fsp3) is 0.355. The molecule has 9 nitrogen and oxygen atoms in total. The van der Waals surface area contributed by atoms with Crippen LogP contribution in [0.2, 0.25) is 5.02 Å². The molecule has 41 heavy (non-hydrogen) atoms. The van der Waals surface area contributed by atoms with Gasteiger partial charge in [-0.3, -0.25) is 14.4 Å². The number of amides is 2. The number of pyridine rings is 1. The molecule has 0 radical (unpaired) electrons. The van der Waals surface area contributed by atoms with Gasteiger partial charge in [0.2, 0.25) is 11.8 Å². The van der Waals surface area contributed by atoms with Gasteiger partial charge in [0.05, 0.1) is 25.7 Å². The molecular formula is C31H37ClN4O5. The van der Waals surface area contributed by atoms with Crippen molar-refractivity contribution in [1.82, 2.24) is 15.6 Å². The van der Waals surface area contributed by atoms with Gasteiger partial charge in [0, 0.05) is 24.2 Å². The van der Waals surface area contributed by atoms with E-state index in [9.17, 15) is 19.5 Å². The van der Waals surface area contributed by atoms with Crippen LogP contribution in [-0.4, -0.2) is 47.1 Å². The molecule has 3 rings (SSSR count). The summed E-state index contributed by atoms with van der Waals surface area (Å²) in [5.74, 6) is -1.14. The van der Waals surface area contributed by atoms with Crippen molar-refractivity contribution in [3.63, 3.8) is 0 Å². The second-order valence-corrected chi connectivity index (χ2v) is 10.1. The zero-order valence-electron chi connectivity index (χ0n) is 23.1. The molecule has 3 aromatic rings. The van der Waals surface area contributed by atoms with Gasteiger partial charge in [0.25, 0.3) is 0 Å². The first kappa shape index (κ1) is 31.6. The molecule has 218 valence electrons. The van der Waals surface area contributed by atoms with Gasteiger partial charge < -0.3 is 25.8 Å². The number of aliphatic carboxylic acids is 1. The maximum Gasteiger partial charge on any atom is 0.305 e. The van der Waals surface area contributed by atoms with Crippen LogP contribution in [0.4, 0.5) is 5.82 Å². The molecule has 0 aliphatic rings. The predicted molar refractivity (Wildman–Crippen MR) is 159 cm³/mol. The fourth-order valence-corrected chi connectivity index (χ4v) is 4.46. The number of halogens is 1. The Kier molecular flexibility index (Phi) is 13.1. The Labute approximate surface area is 245 Å². The molecule has 1 heterocycles. The summed E-state index contributed by atoms with van der Waals surface area (Å²) in [7, 11) is 0. The zero-order chi connectivity index (χ0) is 29.5. The van der Waals surface area contributed by atoms with Crippen molar-refractivity contribution in [1.29, 1.82) is 0 Å². The van der Waals surface area contributed by atoms with Crippen molar-refractivity contribution < 1.29 is 24.2 Å². The summed E-state index contributed by atoms with van der Waals surface area (Å²) in [6, 6.07) is 18.5. The molecule has 0 bridgehead atoms. The third kappa shape index (κ3) is 11.6. The Morgan fingerprint density at radius 2 is 1.76 bits per heavy atom. The first-order valence-corrected chi connectivity index (χ1v) is 14.1. The molecule has 0 spiro atoms. The number of ether oxygens (including phenoxy) is 1. The Balaban J connectivity index is 1.63. The fourth-order valence-electron chi connectivity index (χ4n) is 4.19. The van der Waals surface area contributed by atoms with E-state index in [2.05, 4.69) is 20.9 Å². The molecule has 2 unspecified atom stereocenters. The Morgan fingerprint density at radius 1 is 0.976 bits per heavy atom. The largest absolute Gasteiger partial charge is 0.481 e. The minimum atomic E-state index is -1.08. The second-order valence-electron chi connectivity index (χ2n) is 9.63. The van der Waals surface area contributed by atoms with Gasteiger partial charge in [-0.15, -0.1) is 0 Å². The van der Waals surface area contributed by atoms with E-state index in [0.29, 0.717) is 30.0 Å². The van der Waals surface area contributed by atoms with Crippen molar-refractivity contribution in [2.45, 2.75) is 57.7 Å². The lowest BCUT2D eigenvalue weighted by Crippen LogP contribution is -2.50. The van der Waals surface area contributed by atoms with Crippen LogP contribution in [0, 0.1) is 0 Å². The number of nitrogens with one attached hydrogen (secondary N) is 3. The summed E-state index contributed by atoms with van der Waals surface area (Å²) >= 11 is 6.26. The number of carboxylic acid groups (broad SMARTS) is 1. The molecule has 0 aliphatic carbocycles. The minimum absolute atomic E-state index is 0.0801.